The lowest BCUT2D eigenvalue weighted by Crippen LogP contribution is -2.22. The summed E-state index contributed by atoms with van der Waals surface area (Å²) in [6.07, 6.45) is 2.30. The van der Waals surface area contributed by atoms with Crippen molar-refractivity contribution in [3.8, 4) is 5.69 Å². The summed E-state index contributed by atoms with van der Waals surface area (Å²) < 4.78 is 1.92. The lowest BCUT2D eigenvalue weighted by atomic mass is 10.2. The van der Waals surface area contributed by atoms with Gasteiger partial charge in [0.25, 0.3) is 0 Å². The molecule has 0 aliphatic heterocycles. The van der Waals surface area contributed by atoms with E-state index in [4.69, 9.17) is 4.98 Å². The number of carbonyl (C=O) groups excluding carboxylic acids is 1. The largest absolute Gasteiger partial charge is 0.325 e. The van der Waals surface area contributed by atoms with Crippen molar-refractivity contribution < 1.29 is 4.79 Å². The Kier molecular flexibility index (Phi) is 4.99. The maximum atomic E-state index is 12.5. The Morgan fingerprint density at radius 2 is 1.85 bits per heavy atom. The molecule has 0 spiro atoms. The first-order valence-electron chi connectivity index (χ1n) is 9.17. The number of aryl methyl sites for hydroxylation is 1. The van der Waals surface area contributed by atoms with Gasteiger partial charge in [0.15, 0.2) is 0 Å². The summed E-state index contributed by atoms with van der Waals surface area (Å²) in [7, 11) is 0. The molecule has 1 N–H and O–H groups in total. The number of benzene rings is 2. The molecule has 0 radical (unpaired) electrons. The minimum atomic E-state index is -0.287. The highest BCUT2D eigenvalue weighted by Crippen LogP contribution is 2.40. The zero-order chi connectivity index (χ0) is 18.8. The molecule has 5 nitrogen and oxygen atoms in total. The topological polar surface area (TPSA) is 59.8 Å². The number of rotatable bonds is 6. The van der Waals surface area contributed by atoms with Gasteiger partial charge in [-0.25, -0.2) is 9.67 Å². The molecule has 1 aliphatic rings. The highest BCUT2D eigenvalue weighted by Gasteiger charge is 2.31. The van der Waals surface area contributed by atoms with E-state index in [1.807, 2.05) is 73.1 Å². The maximum absolute atomic E-state index is 12.5. The van der Waals surface area contributed by atoms with Crippen LogP contribution in [0.15, 0.2) is 59.8 Å². The zero-order valence-electron chi connectivity index (χ0n) is 15.4. The van der Waals surface area contributed by atoms with Crippen LogP contribution < -0.4 is 5.32 Å². The van der Waals surface area contributed by atoms with E-state index in [0.29, 0.717) is 11.1 Å². The Bertz CT molecular complexity index is 933. The van der Waals surface area contributed by atoms with Gasteiger partial charge >= 0.3 is 0 Å². The lowest BCUT2D eigenvalue weighted by Gasteiger charge is -2.10. The smallest absolute Gasteiger partial charge is 0.237 e. The molecule has 0 bridgehead atoms. The van der Waals surface area contributed by atoms with Crippen molar-refractivity contribution >= 4 is 23.4 Å². The summed E-state index contributed by atoms with van der Waals surface area (Å²) >= 11 is 1.39. The Balaban J connectivity index is 1.48. The van der Waals surface area contributed by atoms with Crippen molar-refractivity contribution in [3.63, 3.8) is 0 Å². The maximum Gasteiger partial charge on any atom is 0.237 e. The third kappa shape index (κ3) is 4.22. The van der Waals surface area contributed by atoms with Gasteiger partial charge in [-0.05, 0) is 51.0 Å². The van der Waals surface area contributed by atoms with E-state index >= 15 is 0 Å². The number of carbonyl (C=O) groups is 1. The number of hydrogen-bond donors (Lipinski definition) is 1. The molecule has 1 heterocycles. The number of nitrogens with zero attached hydrogens (tertiary/aromatic N) is 3. The highest BCUT2D eigenvalue weighted by atomic mass is 32.2. The first-order valence-corrected chi connectivity index (χ1v) is 10.0. The molecule has 1 atom stereocenters. The number of hydrogen-bond acceptors (Lipinski definition) is 4. The second-order valence-electron chi connectivity index (χ2n) is 6.89. The van der Waals surface area contributed by atoms with Gasteiger partial charge in [0.2, 0.25) is 11.1 Å². The van der Waals surface area contributed by atoms with E-state index in [1.54, 1.807) is 0 Å². The van der Waals surface area contributed by atoms with Gasteiger partial charge in [-0.1, -0.05) is 47.7 Å². The van der Waals surface area contributed by atoms with Crippen LogP contribution >= 0.6 is 11.8 Å². The van der Waals surface area contributed by atoms with Crippen LogP contribution in [0.25, 0.3) is 5.69 Å². The van der Waals surface area contributed by atoms with Crippen LogP contribution in [-0.2, 0) is 4.79 Å². The van der Waals surface area contributed by atoms with Crippen molar-refractivity contribution in [2.24, 2.45) is 0 Å². The van der Waals surface area contributed by atoms with E-state index < -0.39 is 0 Å². The fourth-order valence-corrected chi connectivity index (χ4v) is 3.57. The summed E-state index contributed by atoms with van der Waals surface area (Å²) in [6.45, 7) is 3.91. The Morgan fingerprint density at radius 3 is 2.52 bits per heavy atom. The Morgan fingerprint density at radius 1 is 1.15 bits per heavy atom. The monoisotopic (exact) mass is 378 g/mol. The second-order valence-corrected chi connectivity index (χ2v) is 8.20. The average Bonchev–Trinajstić information content (AvgIpc) is 3.44. The van der Waals surface area contributed by atoms with Gasteiger partial charge in [0.05, 0.1) is 10.9 Å². The van der Waals surface area contributed by atoms with Gasteiger partial charge in [-0.3, -0.25) is 4.79 Å². The van der Waals surface area contributed by atoms with E-state index in [0.717, 1.165) is 30.0 Å². The predicted octanol–water partition coefficient (Wildman–Crippen LogP) is 4.57. The van der Waals surface area contributed by atoms with Crippen molar-refractivity contribution in [2.45, 2.75) is 43.0 Å². The predicted molar refractivity (Wildman–Crippen MR) is 108 cm³/mol. The Labute approximate surface area is 163 Å². The first-order chi connectivity index (χ1) is 13.1. The fourth-order valence-electron chi connectivity index (χ4n) is 2.81. The average molecular weight is 379 g/mol. The number of para-hydroxylation sites is 1. The number of anilines is 1. The van der Waals surface area contributed by atoms with Crippen molar-refractivity contribution in [1.82, 2.24) is 14.8 Å². The zero-order valence-corrected chi connectivity index (χ0v) is 16.2. The van der Waals surface area contributed by atoms with Crippen LogP contribution in [0.1, 0.15) is 37.1 Å². The third-order valence-electron chi connectivity index (χ3n) is 4.53. The Hall–Kier alpha value is -2.60. The van der Waals surface area contributed by atoms with Crippen LogP contribution in [0.5, 0.6) is 0 Å². The van der Waals surface area contributed by atoms with Gasteiger partial charge in [0, 0.05) is 11.6 Å². The number of amides is 1. The standard InChI is InChI=1S/C21H22N4OS/c1-14-8-12-17(13-9-14)22-20(26)15(2)27-21-23-19(16-10-11-16)25(24-21)18-6-4-3-5-7-18/h3-9,12-13,15-16H,10-11H2,1-2H3,(H,22,26)/t15-/m1/s1. The first kappa shape index (κ1) is 17.8. The van der Waals surface area contributed by atoms with Crippen molar-refractivity contribution in [2.75, 3.05) is 5.32 Å². The summed E-state index contributed by atoms with van der Waals surface area (Å²) in [5.41, 5.74) is 2.98. The summed E-state index contributed by atoms with van der Waals surface area (Å²) in [4.78, 5) is 17.2. The SMILES string of the molecule is Cc1ccc(NC(=O)[C@@H](C)Sc2nc(C3CC3)n(-c3ccccc3)n2)cc1. The molecule has 138 valence electrons. The molecule has 3 aromatic rings. The molecule has 1 aromatic heterocycles. The highest BCUT2D eigenvalue weighted by molar-refractivity contribution is 8.00. The molecule has 6 heteroatoms. The molecule has 2 aromatic carbocycles. The molecule has 1 fully saturated rings. The van der Waals surface area contributed by atoms with Crippen LogP contribution in [0, 0.1) is 6.92 Å². The summed E-state index contributed by atoms with van der Waals surface area (Å²) in [5.74, 6) is 1.42. The van der Waals surface area contributed by atoms with Crippen molar-refractivity contribution in [3.05, 3.63) is 66.0 Å². The van der Waals surface area contributed by atoms with Crippen LogP contribution in [-0.4, -0.2) is 25.9 Å². The fraction of sp³-hybridized carbons (Fsp3) is 0.286. The summed E-state index contributed by atoms with van der Waals surface area (Å²) in [5, 5.41) is 7.99. The van der Waals surface area contributed by atoms with Crippen LogP contribution in [0.3, 0.4) is 0 Å². The lowest BCUT2D eigenvalue weighted by molar-refractivity contribution is -0.115. The van der Waals surface area contributed by atoms with Crippen LogP contribution in [0.4, 0.5) is 5.69 Å². The molecule has 4 rings (SSSR count). The van der Waals surface area contributed by atoms with E-state index in [9.17, 15) is 4.79 Å². The summed E-state index contributed by atoms with van der Waals surface area (Å²) in [6, 6.07) is 17.8. The third-order valence-corrected chi connectivity index (χ3v) is 5.48. The van der Waals surface area contributed by atoms with Crippen molar-refractivity contribution in [1.29, 1.82) is 0 Å². The number of aromatic nitrogens is 3. The molecule has 27 heavy (non-hydrogen) atoms. The van der Waals surface area contributed by atoms with Gasteiger partial charge in [0.1, 0.15) is 5.82 Å². The quantitative estimate of drug-likeness (QED) is 0.638. The minimum absolute atomic E-state index is 0.0483. The van der Waals surface area contributed by atoms with E-state index in [-0.39, 0.29) is 11.2 Å². The molecule has 0 saturated heterocycles. The minimum Gasteiger partial charge on any atom is -0.325 e. The molecular weight excluding hydrogens is 356 g/mol. The van der Waals surface area contributed by atoms with Gasteiger partial charge in [-0.2, -0.15) is 0 Å². The normalized spacial score (nSPS) is 14.7. The second kappa shape index (κ2) is 7.56. The molecule has 0 unspecified atom stereocenters. The number of thioether (sulfide) groups is 1. The molecule has 1 aliphatic carbocycles. The van der Waals surface area contributed by atoms with Gasteiger partial charge in [-0.15, -0.1) is 5.10 Å². The molecule has 1 saturated carbocycles. The number of nitrogens with one attached hydrogen (secondary N) is 1. The van der Waals surface area contributed by atoms with Gasteiger partial charge < -0.3 is 5.32 Å². The van der Waals surface area contributed by atoms with E-state index in [2.05, 4.69) is 10.4 Å². The van der Waals surface area contributed by atoms with Crippen LogP contribution in [0.2, 0.25) is 0 Å². The molecular formula is C21H22N4OS. The molecule has 1 amide bonds. The van der Waals surface area contributed by atoms with E-state index in [1.165, 1.54) is 17.3 Å².